The summed E-state index contributed by atoms with van der Waals surface area (Å²) >= 11 is 0. The SMILES string of the molecule is CC(C)[C@@H]1CC[C@@H](C)O1. The van der Waals surface area contributed by atoms with Crippen LogP contribution in [0.3, 0.4) is 0 Å². The van der Waals surface area contributed by atoms with E-state index in [4.69, 9.17) is 4.74 Å². The molecule has 9 heavy (non-hydrogen) atoms. The zero-order chi connectivity index (χ0) is 6.85. The van der Waals surface area contributed by atoms with E-state index in [1.54, 1.807) is 0 Å². The summed E-state index contributed by atoms with van der Waals surface area (Å²) in [6, 6.07) is 0. The summed E-state index contributed by atoms with van der Waals surface area (Å²) in [5.41, 5.74) is 0. The van der Waals surface area contributed by atoms with Gasteiger partial charge in [0.15, 0.2) is 0 Å². The van der Waals surface area contributed by atoms with Crippen molar-refractivity contribution in [1.82, 2.24) is 0 Å². The van der Waals surface area contributed by atoms with Crippen molar-refractivity contribution in [1.29, 1.82) is 0 Å². The van der Waals surface area contributed by atoms with Gasteiger partial charge in [0.1, 0.15) is 0 Å². The highest BCUT2D eigenvalue weighted by atomic mass is 16.5. The van der Waals surface area contributed by atoms with Gasteiger partial charge in [-0.05, 0) is 25.7 Å². The molecule has 0 radical (unpaired) electrons. The van der Waals surface area contributed by atoms with Crippen LogP contribution in [0.5, 0.6) is 0 Å². The van der Waals surface area contributed by atoms with Gasteiger partial charge in [-0.15, -0.1) is 0 Å². The molecule has 2 atom stereocenters. The fraction of sp³-hybridized carbons (Fsp3) is 1.00. The monoisotopic (exact) mass is 128 g/mol. The summed E-state index contributed by atoms with van der Waals surface area (Å²) in [6.45, 7) is 6.60. The first-order valence-electron chi connectivity index (χ1n) is 3.85. The smallest absolute Gasteiger partial charge is 0.0602 e. The molecule has 0 bridgehead atoms. The molecular weight excluding hydrogens is 112 g/mol. The standard InChI is InChI=1S/C8H16O/c1-6(2)8-5-4-7(3)9-8/h6-8H,4-5H2,1-3H3/t7-,8+/m1/s1. The highest BCUT2D eigenvalue weighted by molar-refractivity contribution is 4.72. The Morgan fingerprint density at radius 2 is 2.00 bits per heavy atom. The lowest BCUT2D eigenvalue weighted by molar-refractivity contribution is 0.0288. The lowest BCUT2D eigenvalue weighted by Crippen LogP contribution is -2.14. The zero-order valence-electron chi connectivity index (χ0n) is 6.55. The van der Waals surface area contributed by atoms with Crippen molar-refractivity contribution >= 4 is 0 Å². The molecule has 0 aromatic carbocycles. The molecule has 1 heteroatoms. The summed E-state index contributed by atoms with van der Waals surface area (Å²) in [6.07, 6.45) is 3.57. The maximum atomic E-state index is 5.62. The molecule has 0 amide bonds. The average Bonchev–Trinajstić information content (AvgIpc) is 2.14. The number of hydrogen-bond donors (Lipinski definition) is 0. The lowest BCUT2D eigenvalue weighted by atomic mass is 10.0. The minimum atomic E-state index is 0.511. The third kappa shape index (κ3) is 1.68. The summed E-state index contributed by atoms with van der Waals surface area (Å²) < 4.78 is 5.62. The molecule has 1 heterocycles. The summed E-state index contributed by atoms with van der Waals surface area (Å²) in [5.74, 6) is 0.704. The molecule has 0 unspecified atom stereocenters. The van der Waals surface area contributed by atoms with Crippen LogP contribution in [0.15, 0.2) is 0 Å². The topological polar surface area (TPSA) is 9.23 Å². The van der Waals surface area contributed by atoms with E-state index < -0.39 is 0 Å². The average molecular weight is 128 g/mol. The van der Waals surface area contributed by atoms with Crippen molar-refractivity contribution < 1.29 is 4.74 Å². The zero-order valence-corrected chi connectivity index (χ0v) is 6.55. The van der Waals surface area contributed by atoms with E-state index in [0.717, 1.165) is 0 Å². The quantitative estimate of drug-likeness (QED) is 0.526. The molecule has 0 saturated carbocycles. The summed E-state index contributed by atoms with van der Waals surface area (Å²) in [7, 11) is 0. The van der Waals surface area contributed by atoms with E-state index in [2.05, 4.69) is 20.8 Å². The molecule has 0 aliphatic carbocycles. The molecule has 1 aliphatic rings. The van der Waals surface area contributed by atoms with Crippen molar-refractivity contribution in [2.75, 3.05) is 0 Å². The van der Waals surface area contributed by atoms with Crippen LogP contribution in [0, 0.1) is 5.92 Å². The third-order valence-corrected chi connectivity index (χ3v) is 2.01. The maximum Gasteiger partial charge on any atom is 0.0602 e. The van der Waals surface area contributed by atoms with Crippen molar-refractivity contribution in [2.45, 2.75) is 45.8 Å². The minimum absolute atomic E-state index is 0.511. The van der Waals surface area contributed by atoms with Gasteiger partial charge in [-0.1, -0.05) is 13.8 Å². The van der Waals surface area contributed by atoms with Crippen LogP contribution < -0.4 is 0 Å². The normalized spacial score (nSPS) is 36.0. The van der Waals surface area contributed by atoms with Gasteiger partial charge < -0.3 is 4.74 Å². The van der Waals surface area contributed by atoms with Crippen molar-refractivity contribution in [3.05, 3.63) is 0 Å². The van der Waals surface area contributed by atoms with Crippen LogP contribution in [0.25, 0.3) is 0 Å². The van der Waals surface area contributed by atoms with E-state index in [-0.39, 0.29) is 0 Å². The van der Waals surface area contributed by atoms with E-state index in [0.29, 0.717) is 18.1 Å². The first kappa shape index (κ1) is 7.07. The first-order valence-corrected chi connectivity index (χ1v) is 3.85. The second kappa shape index (κ2) is 2.70. The fourth-order valence-corrected chi connectivity index (χ4v) is 1.32. The third-order valence-electron chi connectivity index (χ3n) is 2.01. The second-order valence-corrected chi connectivity index (χ2v) is 3.31. The number of rotatable bonds is 1. The second-order valence-electron chi connectivity index (χ2n) is 3.31. The molecule has 0 aromatic heterocycles. The van der Waals surface area contributed by atoms with E-state index in [1.165, 1.54) is 12.8 Å². The molecule has 1 nitrogen and oxygen atoms in total. The highest BCUT2D eigenvalue weighted by Gasteiger charge is 2.23. The largest absolute Gasteiger partial charge is 0.375 e. The van der Waals surface area contributed by atoms with Gasteiger partial charge in [-0.2, -0.15) is 0 Å². The van der Waals surface area contributed by atoms with Crippen LogP contribution >= 0.6 is 0 Å². The van der Waals surface area contributed by atoms with E-state index in [1.807, 2.05) is 0 Å². The Morgan fingerprint density at radius 3 is 2.22 bits per heavy atom. The van der Waals surface area contributed by atoms with Crippen molar-refractivity contribution in [3.63, 3.8) is 0 Å². The van der Waals surface area contributed by atoms with Gasteiger partial charge in [0.2, 0.25) is 0 Å². The van der Waals surface area contributed by atoms with E-state index >= 15 is 0 Å². The minimum Gasteiger partial charge on any atom is -0.375 e. The molecule has 1 fully saturated rings. The van der Waals surface area contributed by atoms with Crippen LogP contribution in [0.1, 0.15) is 33.6 Å². The highest BCUT2D eigenvalue weighted by Crippen LogP contribution is 2.24. The Morgan fingerprint density at radius 1 is 1.33 bits per heavy atom. The number of ether oxygens (including phenoxy) is 1. The van der Waals surface area contributed by atoms with Gasteiger partial charge >= 0.3 is 0 Å². The molecular formula is C8H16O. The predicted molar refractivity (Wildman–Crippen MR) is 38.4 cm³/mol. The molecule has 1 saturated heterocycles. The van der Waals surface area contributed by atoms with Crippen LogP contribution in [0.2, 0.25) is 0 Å². The lowest BCUT2D eigenvalue weighted by Gasteiger charge is -2.13. The Bertz CT molecular complexity index is 88.6. The predicted octanol–water partition coefficient (Wildman–Crippen LogP) is 2.21. The van der Waals surface area contributed by atoms with Gasteiger partial charge in [-0.25, -0.2) is 0 Å². The molecule has 0 N–H and O–H groups in total. The van der Waals surface area contributed by atoms with Crippen LogP contribution in [-0.4, -0.2) is 12.2 Å². The number of hydrogen-bond acceptors (Lipinski definition) is 1. The van der Waals surface area contributed by atoms with Crippen LogP contribution in [-0.2, 0) is 4.74 Å². The van der Waals surface area contributed by atoms with Crippen molar-refractivity contribution in [3.8, 4) is 0 Å². The Hall–Kier alpha value is -0.0400. The summed E-state index contributed by atoms with van der Waals surface area (Å²) in [4.78, 5) is 0. The van der Waals surface area contributed by atoms with Gasteiger partial charge in [0.05, 0.1) is 12.2 Å². The molecule has 1 aliphatic heterocycles. The summed E-state index contributed by atoms with van der Waals surface area (Å²) in [5, 5.41) is 0. The van der Waals surface area contributed by atoms with Gasteiger partial charge in [0.25, 0.3) is 0 Å². The Balaban J connectivity index is 2.30. The Labute approximate surface area is 57.4 Å². The van der Waals surface area contributed by atoms with Gasteiger partial charge in [-0.3, -0.25) is 0 Å². The molecule has 0 aromatic rings. The van der Waals surface area contributed by atoms with E-state index in [9.17, 15) is 0 Å². The Kier molecular flexibility index (Phi) is 2.12. The molecule has 1 rings (SSSR count). The maximum absolute atomic E-state index is 5.62. The van der Waals surface area contributed by atoms with Crippen molar-refractivity contribution in [2.24, 2.45) is 5.92 Å². The molecule has 54 valence electrons. The van der Waals surface area contributed by atoms with Crippen LogP contribution in [0.4, 0.5) is 0 Å². The first-order chi connectivity index (χ1) is 4.20. The van der Waals surface area contributed by atoms with Gasteiger partial charge in [0, 0.05) is 0 Å². The fourth-order valence-electron chi connectivity index (χ4n) is 1.32. The molecule has 0 spiro atoms.